The Bertz CT molecular complexity index is 449. The Labute approximate surface area is 167 Å². The van der Waals surface area contributed by atoms with Gasteiger partial charge in [0.1, 0.15) is 5.60 Å². The molecule has 2 aliphatic rings. The van der Waals surface area contributed by atoms with Crippen molar-refractivity contribution < 1.29 is 14.6 Å². The number of piperidine rings is 1. The first-order valence-corrected chi connectivity index (χ1v) is 10.8. The van der Waals surface area contributed by atoms with Crippen molar-refractivity contribution in [2.45, 2.75) is 105 Å². The van der Waals surface area contributed by atoms with Gasteiger partial charge in [0.25, 0.3) is 0 Å². The van der Waals surface area contributed by atoms with Crippen molar-refractivity contribution in [2.24, 2.45) is 10.8 Å². The smallest absolute Gasteiger partial charge is 0.410 e. The van der Waals surface area contributed by atoms with Crippen LogP contribution in [-0.4, -0.2) is 53.5 Å². The second-order valence-corrected chi connectivity index (χ2v) is 10.4. The first kappa shape index (κ1) is 24.2. The molecule has 1 amide bonds. The van der Waals surface area contributed by atoms with Crippen LogP contribution in [-0.2, 0) is 4.74 Å². The van der Waals surface area contributed by atoms with E-state index in [1.807, 2.05) is 39.5 Å². The van der Waals surface area contributed by atoms with Crippen LogP contribution in [0.1, 0.15) is 87.5 Å². The predicted octanol–water partition coefficient (Wildman–Crippen LogP) is 4.58. The van der Waals surface area contributed by atoms with Crippen molar-refractivity contribution in [1.82, 2.24) is 10.2 Å². The molecular weight excluding hydrogens is 340 g/mol. The third kappa shape index (κ3) is 7.98. The summed E-state index contributed by atoms with van der Waals surface area (Å²) >= 11 is 0. The zero-order valence-corrected chi connectivity index (χ0v) is 19.0. The Morgan fingerprint density at radius 3 is 2.07 bits per heavy atom. The summed E-state index contributed by atoms with van der Waals surface area (Å²) in [7, 11) is 0. The topological polar surface area (TPSA) is 61.8 Å². The zero-order valence-electron chi connectivity index (χ0n) is 19.0. The molecule has 1 atom stereocenters. The summed E-state index contributed by atoms with van der Waals surface area (Å²) in [5, 5.41) is 13.3. The molecule has 2 N–H and O–H groups in total. The number of amides is 1. The van der Waals surface area contributed by atoms with Crippen LogP contribution in [0.2, 0.25) is 0 Å². The molecular formula is C22H44N2O3. The molecule has 0 radical (unpaired) electrons. The molecule has 27 heavy (non-hydrogen) atoms. The number of nitrogens with zero attached hydrogens (tertiary/aromatic N) is 1. The fourth-order valence-corrected chi connectivity index (χ4v) is 4.25. The molecule has 1 aliphatic heterocycles. The Kier molecular flexibility index (Phi) is 8.61. The van der Waals surface area contributed by atoms with E-state index in [1.54, 1.807) is 0 Å². The maximum Gasteiger partial charge on any atom is 0.410 e. The summed E-state index contributed by atoms with van der Waals surface area (Å²) < 4.78 is 5.48. The number of ether oxygens (including phenoxy) is 1. The molecule has 0 aromatic heterocycles. The molecule has 5 heteroatoms. The summed E-state index contributed by atoms with van der Waals surface area (Å²) in [6, 6.07) is 0.691. The maximum atomic E-state index is 12.2. The first-order chi connectivity index (χ1) is 12.4. The van der Waals surface area contributed by atoms with Gasteiger partial charge in [-0.3, -0.25) is 0 Å². The first-order valence-electron chi connectivity index (χ1n) is 10.8. The molecule has 1 saturated carbocycles. The van der Waals surface area contributed by atoms with Crippen molar-refractivity contribution in [3.8, 4) is 0 Å². The van der Waals surface area contributed by atoms with E-state index in [4.69, 9.17) is 4.74 Å². The third-order valence-corrected chi connectivity index (χ3v) is 5.39. The van der Waals surface area contributed by atoms with E-state index in [0.29, 0.717) is 11.5 Å². The SMILES string of the molecule is CC.CC(C)(C)CC(CO)NC1CC2(CCN(C(=O)OC(C)(C)C)CC2)C1. The highest BCUT2D eigenvalue weighted by atomic mass is 16.6. The number of likely N-dealkylation sites (tertiary alicyclic amines) is 1. The normalized spacial score (nSPS) is 21.1. The molecule has 0 bridgehead atoms. The molecule has 1 saturated heterocycles. The molecule has 1 aliphatic carbocycles. The van der Waals surface area contributed by atoms with Crippen LogP contribution in [0.25, 0.3) is 0 Å². The minimum atomic E-state index is -0.427. The number of rotatable bonds is 4. The van der Waals surface area contributed by atoms with Crippen LogP contribution in [0.4, 0.5) is 4.79 Å². The summed E-state index contributed by atoms with van der Waals surface area (Å²) in [5.41, 5.74) is 0.183. The van der Waals surface area contributed by atoms with Crippen LogP contribution >= 0.6 is 0 Å². The van der Waals surface area contributed by atoms with Crippen molar-refractivity contribution in [3.63, 3.8) is 0 Å². The lowest BCUT2D eigenvalue weighted by atomic mass is 9.60. The van der Waals surface area contributed by atoms with E-state index < -0.39 is 5.60 Å². The lowest BCUT2D eigenvalue weighted by Crippen LogP contribution is -2.57. The van der Waals surface area contributed by atoms with Gasteiger partial charge in [0, 0.05) is 25.2 Å². The van der Waals surface area contributed by atoms with Crippen LogP contribution in [0.3, 0.4) is 0 Å². The number of carbonyl (C=O) groups excluding carboxylic acids is 1. The van der Waals surface area contributed by atoms with Crippen molar-refractivity contribution in [1.29, 1.82) is 0 Å². The van der Waals surface area contributed by atoms with Gasteiger partial charge in [-0.25, -0.2) is 4.79 Å². The van der Waals surface area contributed by atoms with Crippen LogP contribution in [0.15, 0.2) is 0 Å². The molecule has 5 nitrogen and oxygen atoms in total. The molecule has 1 spiro atoms. The highest BCUT2D eigenvalue weighted by Crippen LogP contribution is 2.49. The summed E-state index contributed by atoms with van der Waals surface area (Å²) in [6.45, 7) is 18.2. The molecule has 160 valence electrons. The fraction of sp³-hybridized carbons (Fsp3) is 0.955. The van der Waals surface area contributed by atoms with Crippen LogP contribution < -0.4 is 5.32 Å². The van der Waals surface area contributed by atoms with Gasteiger partial charge in [0.15, 0.2) is 0 Å². The molecule has 2 fully saturated rings. The summed E-state index contributed by atoms with van der Waals surface area (Å²) in [4.78, 5) is 14.0. The fourth-order valence-electron chi connectivity index (χ4n) is 4.25. The van der Waals surface area contributed by atoms with Gasteiger partial charge in [0.2, 0.25) is 0 Å². The lowest BCUT2D eigenvalue weighted by Gasteiger charge is -2.53. The van der Waals surface area contributed by atoms with Gasteiger partial charge in [-0.15, -0.1) is 0 Å². The average Bonchev–Trinajstić information content (AvgIpc) is 2.52. The van der Waals surface area contributed by atoms with Gasteiger partial charge in [-0.2, -0.15) is 0 Å². The average molecular weight is 385 g/mol. The van der Waals surface area contributed by atoms with Gasteiger partial charge < -0.3 is 20.1 Å². The third-order valence-electron chi connectivity index (χ3n) is 5.39. The lowest BCUT2D eigenvalue weighted by molar-refractivity contribution is -0.0199. The van der Waals surface area contributed by atoms with Gasteiger partial charge in [-0.1, -0.05) is 34.6 Å². The van der Waals surface area contributed by atoms with Crippen molar-refractivity contribution in [2.75, 3.05) is 19.7 Å². The Balaban J connectivity index is 0.00000176. The van der Waals surface area contributed by atoms with E-state index in [1.165, 1.54) is 0 Å². The number of aliphatic hydroxyl groups excluding tert-OH is 1. The van der Waals surface area contributed by atoms with Gasteiger partial charge >= 0.3 is 6.09 Å². The van der Waals surface area contributed by atoms with Gasteiger partial charge in [-0.05, 0) is 63.7 Å². The zero-order chi connectivity index (χ0) is 20.9. The minimum absolute atomic E-state index is 0.179. The van der Waals surface area contributed by atoms with Crippen molar-refractivity contribution >= 4 is 6.09 Å². The number of carbonyl (C=O) groups is 1. The molecule has 1 heterocycles. The van der Waals surface area contributed by atoms with E-state index in [-0.39, 0.29) is 24.2 Å². The maximum absolute atomic E-state index is 12.2. The predicted molar refractivity (Wildman–Crippen MR) is 112 cm³/mol. The van der Waals surface area contributed by atoms with Crippen LogP contribution in [0.5, 0.6) is 0 Å². The number of hydrogen-bond donors (Lipinski definition) is 2. The highest BCUT2D eigenvalue weighted by molar-refractivity contribution is 5.68. The molecule has 2 rings (SSSR count). The Morgan fingerprint density at radius 1 is 1.15 bits per heavy atom. The highest BCUT2D eigenvalue weighted by Gasteiger charge is 2.47. The molecule has 0 aromatic rings. The van der Waals surface area contributed by atoms with Gasteiger partial charge in [0.05, 0.1) is 6.61 Å². The van der Waals surface area contributed by atoms with E-state index >= 15 is 0 Å². The second kappa shape index (κ2) is 9.60. The van der Waals surface area contributed by atoms with Crippen LogP contribution in [0, 0.1) is 10.8 Å². The number of hydrogen-bond acceptors (Lipinski definition) is 4. The summed E-state index contributed by atoms with van der Waals surface area (Å²) in [6.07, 6.45) is 5.26. The molecule has 0 aromatic carbocycles. The van der Waals surface area contributed by atoms with E-state index in [2.05, 4.69) is 26.1 Å². The van der Waals surface area contributed by atoms with Crippen molar-refractivity contribution in [3.05, 3.63) is 0 Å². The largest absolute Gasteiger partial charge is 0.444 e. The Morgan fingerprint density at radius 2 is 1.67 bits per heavy atom. The van der Waals surface area contributed by atoms with E-state index in [0.717, 1.165) is 45.2 Å². The number of aliphatic hydroxyl groups is 1. The minimum Gasteiger partial charge on any atom is -0.444 e. The summed E-state index contributed by atoms with van der Waals surface area (Å²) in [5.74, 6) is 0. The monoisotopic (exact) mass is 384 g/mol. The second-order valence-electron chi connectivity index (χ2n) is 10.4. The number of nitrogens with one attached hydrogen (secondary N) is 1. The van der Waals surface area contributed by atoms with E-state index in [9.17, 15) is 9.90 Å². The quantitative estimate of drug-likeness (QED) is 0.745. The standard InChI is InChI=1S/C20H38N2O3.C2H6/c1-18(2,3)11-16(14-23)21-15-12-20(13-15)7-9-22(10-8-20)17(24)25-19(4,5)6;1-2/h15-16,21,23H,7-14H2,1-6H3;1-2H3. The molecule has 1 unspecified atom stereocenters. The Hall–Kier alpha value is -0.810.